The molecule has 2 N–H and O–H groups in total. The molecule has 3 rings (SSSR count). The van der Waals surface area contributed by atoms with Crippen molar-refractivity contribution < 1.29 is 24.4 Å². The molecule has 3 aromatic rings. The van der Waals surface area contributed by atoms with Crippen LogP contribution in [0, 0.1) is 17.0 Å². The number of carbonyl (C=O) groups excluding carboxylic acids is 1. The van der Waals surface area contributed by atoms with Gasteiger partial charge in [-0.2, -0.15) is 5.10 Å². The van der Waals surface area contributed by atoms with E-state index in [0.717, 1.165) is 11.8 Å². The van der Waals surface area contributed by atoms with Gasteiger partial charge in [-0.05, 0) is 37.6 Å². The minimum absolute atomic E-state index is 0.0658. The number of nitro groups is 1. The third kappa shape index (κ3) is 5.17. The van der Waals surface area contributed by atoms with Gasteiger partial charge in [0.05, 0.1) is 28.4 Å². The highest BCUT2D eigenvalue weighted by Crippen LogP contribution is 2.31. The number of nitro benzene ring substituents is 1. The SMILES string of the molecule is Cc1cc(Oc2cc(NC(=O)C(C)n3cc(C(=O)O)cn3)cc([N+](=O)[O-])c2)ccc1Cl. The predicted octanol–water partition coefficient (Wildman–Crippen LogP) is 4.44. The molecule has 0 spiro atoms. The standard InChI is InChI=1S/C20H17ClN4O6/c1-11-5-16(3-4-18(11)21)31-17-7-14(6-15(8-17)25(29)30)23-19(26)12(2)24-10-13(9-22-24)20(27)28/h3-10,12H,1-2H3,(H,23,26)(H,27,28). The Labute approximate surface area is 181 Å². The lowest BCUT2D eigenvalue weighted by Crippen LogP contribution is -2.24. The summed E-state index contributed by atoms with van der Waals surface area (Å²) in [7, 11) is 0. The quantitative estimate of drug-likeness (QED) is 0.405. The van der Waals surface area contributed by atoms with Gasteiger partial charge in [0, 0.05) is 23.4 Å². The van der Waals surface area contributed by atoms with Gasteiger partial charge in [-0.15, -0.1) is 0 Å². The number of carboxylic acids is 1. The summed E-state index contributed by atoms with van der Waals surface area (Å²) >= 11 is 6.00. The van der Waals surface area contributed by atoms with Crippen molar-refractivity contribution in [2.45, 2.75) is 19.9 Å². The Morgan fingerprint density at radius 3 is 2.61 bits per heavy atom. The minimum atomic E-state index is -1.17. The van der Waals surface area contributed by atoms with Crippen LogP contribution in [0.1, 0.15) is 28.9 Å². The summed E-state index contributed by atoms with van der Waals surface area (Å²) in [6.07, 6.45) is 2.34. The van der Waals surface area contributed by atoms with E-state index in [1.54, 1.807) is 25.1 Å². The average molecular weight is 445 g/mol. The molecule has 0 aliphatic rings. The van der Waals surface area contributed by atoms with E-state index in [2.05, 4.69) is 10.4 Å². The monoisotopic (exact) mass is 444 g/mol. The molecule has 2 aromatic carbocycles. The molecule has 1 aromatic heterocycles. The number of nitrogens with one attached hydrogen (secondary N) is 1. The topological polar surface area (TPSA) is 137 Å². The first-order valence-electron chi connectivity index (χ1n) is 8.96. The number of aromatic carboxylic acids is 1. The van der Waals surface area contributed by atoms with Crippen LogP contribution < -0.4 is 10.1 Å². The highest BCUT2D eigenvalue weighted by Gasteiger charge is 2.20. The summed E-state index contributed by atoms with van der Waals surface area (Å²) in [6, 6.07) is 7.93. The first-order chi connectivity index (χ1) is 14.6. The molecule has 0 bridgehead atoms. The molecular formula is C20H17ClN4O6. The van der Waals surface area contributed by atoms with E-state index in [-0.39, 0.29) is 22.7 Å². The van der Waals surface area contributed by atoms with Crippen LogP contribution in [0.5, 0.6) is 11.5 Å². The minimum Gasteiger partial charge on any atom is -0.478 e. The van der Waals surface area contributed by atoms with Crippen molar-refractivity contribution in [2.24, 2.45) is 0 Å². The van der Waals surface area contributed by atoms with Gasteiger partial charge < -0.3 is 15.2 Å². The summed E-state index contributed by atoms with van der Waals surface area (Å²) in [6.45, 7) is 3.31. The summed E-state index contributed by atoms with van der Waals surface area (Å²) in [5, 5.41) is 27.3. The number of hydrogen-bond donors (Lipinski definition) is 2. The second-order valence-electron chi connectivity index (χ2n) is 6.67. The Morgan fingerprint density at radius 1 is 1.26 bits per heavy atom. The van der Waals surface area contributed by atoms with E-state index in [0.29, 0.717) is 10.8 Å². The van der Waals surface area contributed by atoms with Crippen molar-refractivity contribution in [1.29, 1.82) is 0 Å². The molecule has 160 valence electrons. The summed E-state index contributed by atoms with van der Waals surface area (Å²) in [5.41, 5.74) is 0.562. The number of non-ortho nitro benzene ring substituents is 1. The van der Waals surface area contributed by atoms with Crippen LogP contribution in [0.2, 0.25) is 5.02 Å². The number of carbonyl (C=O) groups is 2. The molecule has 0 saturated heterocycles. The molecule has 1 heterocycles. The van der Waals surface area contributed by atoms with Crippen LogP contribution in [0.4, 0.5) is 11.4 Å². The molecule has 1 amide bonds. The maximum Gasteiger partial charge on any atom is 0.338 e. The Morgan fingerprint density at radius 2 is 2.00 bits per heavy atom. The molecule has 0 aliphatic carbocycles. The van der Waals surface area contributed by atoms with E-state index in [1.807, 2.05) is 0 Å². The predicted molar refractivity (Wildman–Crippen MR) is 112 cm³/mol. The Bertz CT molecular complexity index is 1180. The number of hydrogen-bond acceptors (Lipinski definition) is 6. The van der Waals surface area contributed by atoms with Gasteiger partial charge in [0.25, 0.3) is 5.69 Å². The summed E-state index contributed by atoms with van der Waals surface area (Å²) in [5.74, 6) is -1.15. The second-order valence-corrected chi connectivity index (χ2v) is 7.07. The van der Waals surface area contributed by atoms with Crippen molar-refractivity contribution >= 4 is 34.9 Å². The number of anilines is 1. The molecule has 31 heavy (non-hydrogen) atoms. The molecule has 1 unspecified atom stereocenters. The third-order valence-corrected chi connectivity index (χ3v) is 4.78. The first kappa shape index (κ1) is 21.8. The zero-order valence-corrected chi connectivity index (χ0v) is 17.2. The maximum atomic E-state index is 12.6. The zero-order chi connectivity index (χ0) is 22.7. The molecule has 0 radical (unpaired) electrons. The number of rotatable bonds is 7. The average Bonchev–Trinajstić information content (AvgIpc) is 3.20. The number of aryl methyl sites for hydroxylation is 1. The zero-order valence-electron chi connectivity index (χ0n) is 16.4. The van der Waals surface area contributed by atoms with Crippen LogP contribution in [0.15, 0.2) is 48.8 Å². The third-order valence-electron chi connectivity index (χ3n) is 4.36. The lowest BCUT2D eigenvalue weighted by Gasteiger charge is -2.14. The fourth-order valence-corrected chi connectivity index (χ4v) is 2.78. The Balaban J connectivity index is 1.83. The van der Waals surface area contributed by atoms with Crippen LogP contribution in [0.3, 0.4) is 0 Å². The van der Waals surface area contributed by atoms with Crippen molar-refractivity contribution in [3.63, 3.8) is 0 Å². The molecule has 11 heteroatoms. The van der Waals surface area contributed by atoms with Crippen LogP contribution in [-0.4, -0.2) is 31.7 Å². The molecule has 0 fully saturated rings. The second kappa shape index (κ2) is 8.84. The smallest absolute Gasteiger partial charge is 0.338 e. The van der Waals surface area contributed by atoms with Crippen LogP contribution in [-0.2, 0) is 4.79 Å². The maximum absolute atomic E-state index is 12.6. The largest absolute Gasteiger partial charge is 0.478 e. The summed E-state index contributed by atoms with van der Waals surface area (Å²) < 4.78 is 6.89. The van der Waals surface area contributed by atoms with E-state index < -0.39 is 22.8 Å². The Hall–Kier alpha value is -3.92. The van der Waals surface area contributed by atoms with Crippen molar-refractivity contribution in [1.82, 2.24) is 9.78 Å². The normalized spacial score (nSPS) is 11.6. The number of carboxylic acid groups (broad SMARTS) is 1. The van der Waals surface area contributed by atoms with Crippen molar-refractivity contribution in [2.75, 3.05) is 5.32 Å². The van der Waals surface area contributed by atoms with E-state index in [9.17, 15) is 19.7 Å². The summed E-state index contributed by atoms with van der Waals surface area (Å²) in [4.78, 5) is 34.3. The van der Waals surface area contributed by atoms with Gasteiger partial charge in [-0.1, -0.05) is 11.6 Å². The lowest BCUT2D eigenvalue weighted by molar-refractivity contribution is -0.384. The van der Waals surface area contributed by atoms with Gasteiger partial charge in [0.15, 0.2) is 0 Å². The van der Waals surface area contributed by atoms with Gasteiger partial charge in [-0.3, -0.25) is 19.6 Å². The number of nitrogens with zero attached hydrogens (tertiary/aromatic N) is 3. The first-order valence-corrected chi connectivity index (χ1v) is 9.33. The fraction of sp³-hybridized carbons (Fsp3) is 0.150. The fourth-order valence-electron chi connectivity index (χ4n) is 2.66. The van der Waals surface area contributed by atoms with Crippen molar-refractivity contribution in [3.05, 3.63) is 75.1 Å². The number of aromatic nitrogens is 2. The highest BCUT2D eigenvalue weighted by atomic mass is 35.5. The number of halogens is 1. The van der Waals surface area contributed by atoms with Gasteiger partial charge >= 0.3 is 5.97 Å². The van der Waals surface area contributed by atoms with E-state index >= 15 is 0 Å². The van der Waals surface area contributed by atoms with Gasteiger partial charge in [0.2, 0.25) is 5.91 Å². The molecule has 1 atom stereocenters. The molecule has 0 saturated carbocycles. The molecular weight excluding hydrogens is 428 g/mol. The molecule has 10 nitrogen and oxygen atoms in total. The van der Waals surface area contributed by atoms with E-state index in [1.165, 1.54) is 36.0 Å². The van der Waals surface area contributed by atoms with Crippen molar-refractivity contribution in [3.8, 4) is 11.5 Å². The number of amides is 1. The highest BCUT2D eigenvalue weighted by molar-refractivity contribution is 6.31. The van der Waals surface area contributed by atoms with Crippen LogP contribution >= 0.6 is 11.6 Å². The molecule has 0 aliphatic heterocycles. The lowest BCUT2D eigenvalue weighted by atomic mass is 10.2. The number of benzene rings is 2. The Kier molecular flexibility index (Phi) is 6.21. The van der Waals surface area contributed by atoms with Gasteiger partial charge in [0.1, 0.15) is 17.5 Å². The van der Waals surface area contributed by atoms with Gasteiger partial charge in [-0.25, -0.2) is 4.79 Å². The van der Waals surface area contributed by atoms with Crippen LogP contribution in [0.25, 0.3) is 0 Å². The van der Waals surface area contributed by atoms with E-state index in [4.69, 9.17) is 21.4 Å². The number of ether oxygens (including phenoxy) is 1.